The van der Waals surface area contributed by atoms with Crippen LogP contribution in [0.15, 0.2) is 35.5 Å². The van der Waals surface area contributed by atoms with E-state index >= 15 is 0 Å². The van der Waals surface area contributed by atoms with Crippen molar-refractivity contribution in [2.75, 3.05) is 16.6 Å². The maximum Gasteiger partial charge on any atom is 0.235 e. The quantitative estimate of drug-likeness (QED) is 0.342. The summed E-state index contributed by atoms with van der Waals surface area (Å²) in [5, 5.41) is 11.4. The summed E-state index contributed by atoms with van der Waals surface area (Å²) in [4.78, 5) is 0. The number of nitrogens with zero attached hydrogens (tertiary/aromatic N) is 2. The van der Waals surface area contributed by atoms with E-state index in [1.54, 1.807) is 24.3 Å². The van der Waals surface area contributed by atoms with Gasteiger partial charge in [-0.3, -0.25) is 4.31 Å². The summed E-state index contributed by atoms with van der Waals surface area (Å²) in [7, 11) is -3.39. The topological polar surface area (TPSA) is 96.0 Å². The summed E-state index contributed by atoms with van der Waals surface area (Å²) in [5.74, 6) is 0.0746. The Bertz CT molecular complexity index is 514. The average molecular weight is 285 g/mol. The zero-order chi connectivity index (χ0) is 14.3. The second-order valence-corrected chi connectivity index (χ2v) is 6.08. The molecule has 0 amide bonds. The standard InChI is InChI=1S/C12H19N3O3S/c1-2-10-19(17,18)15(9-8-12(13)14-16)11-6-4-3-5-7-11/h3-7,16H,2,8-10H2,1H3,(H2,13,14). The summed E-state index contributed by atoms with van der Waals surface area (Å²) in [6.45, 7) is 1.96. The van der Waals surface area contributed by atoms with Gasteiger partial charge in [-0.1, -0.05) is 30.3 Å². The Hall–Kier alpha value is -1.76. The Morgan fingerprint density at radius 3 is 2.53 bits per heavy atom. The normalized spacial score (nSPS) is 12.4. The lowest BCUT2D eigenvalue weighted by molar-refractivity contribution is 0.317. The highest BCUT2D eigenvalue weighted by molar-refractivity contribution is 7.92. The summed E-state index contributed by atoms with van der Waals surface area (Å²) in [5.41, 5.74) is 5.98. The lowest BCUT2D eigenvalue weighted by Crippen LogP contribution is -2.35. The van der Waals surface area contributed by atoms with Crippen LogP contribution in [0.3, 0.4) is 0 Å². The van der Waals surface area contributed by atoms with Crippen LogP contribution in [0.5, 0.6) is 0 Å². The molecule has 0 radical (unpaired) electrons. The molecule has 0 aliphatic carbocycles. The van der Waals surface area contributed by atoms with Crippen molar-refractivity contribution in [2.24, 2.45) is 10.9 Å². The summed E-state index contributed by atoms with van der Waals surface area (Å²) >= 11 is 0. The predicted molar refractivity (Wildman–Crippen MR) is 75.9 cm³/mol. The minimum atomic E-state index is -3.39. The Morgan fingerprint density at radius 2 is 2.00 bits per heavy atom. The fourth-order valence-corrected chi connectivity index (χ4v) is 3.21. The van der Waals surface area contributed by atoms with Crippen LogP contribution in [0.4, 0.5) is 5.69 Å². The van der Waals surface area contributed by atoms with E-state index in [1.807, 2.05) is 13.0 Å². The Labute approximate surface area is 113 Å². The van der Waals surface area contributed by atoms with E-state index in [4.69, 9.17) is 10.9 Å². The molecule has 19 heavy (non-hydrogen) atoms. The van der Waals surface area contributed by atoms with E-state index in [9.17, 15) is 8.42 Å². The number of hydrogen-bond donors (Lipinski definition) is 2. The van der Waals surface area contributed by atoms with E-state index in [1.165, 1.54) is 4.31 Å². The van der Waals surface area contributed by atoms with Gasteiger partial charge in [-0.25, -0.2) is 8.42 Å². The molecule has 0 aromatic heterocycles. The van der Waals surface area contributed by atoms with E-state index in [2.05, 4.69) is 5.16 Å². The van der Waals surface area contributed by atoms with Crippen LogP contribution in [-0.2, 0) is 10.0 Å². The van der Waals surface area contributed by atoms with Gasteiger partial charge in [-0.15, -0.1) is 0 Å². The molecule has 3 N–H and O–H groups in total. The number of amidine groups is 1. The van der Waals surface area contributed by atoms with Gasteiger partial charge in [-0.2, -0.15) is 0 Å². The van der Waals surface area contributed by atoms with Gasteiger partial charge in [0.1, 0.15) is 5.84 Å². The molecule has 106 valence electrons. The number of benzene rings is 1. The lowest BCUT2D eigenvalue weighted by Gasteiger charge is -2.24. The average Bonchev–Trinajstić information content (AvgIpc) is 2.39. The third-order valence-electron chi connectivity index (χ3n) is 2.54. The molecule has 0 fully saturated rings. The molecule has 0 aliphatic heterocycles. The van der Waals surface area contributed by atoms with Gasteiger partial charge in [0.2, 0.25) is 10.0 Å². The first kappa shape index (κ1) is 15.3. The van der Waals surface area contributed by atoms with Gasteiger partial charge in [0.25, 0.3) is 0 Å². The molecule has 0 aliphatic rings. The Balaban J connectivity index is 2.98. The molecule has 0 unspecified atom stereocenters. The van der Waals surface area contributed by atoms with Crippen LogP contribution >= 0.6 is 0 Å². The van der Waals surface area contributed by atoms with Crippen molar-refractivity contribution in [3.8, 4) is 0 Å². The van der Waals surface area contributed by atoms with Crippen LogP contribution in [-0.4, -0.2) is 31.8 Å². The maximum absolute atomic E-state index is 12.2. The van der Waals surface area contributed by atoms with Gasteiger partial charge in [0.05, 0.1) is 11.4 Å². The fraction of sp³-hybridized carbons (Fsp3) is 0.417. The highest BCUT2D eigenvalue weighted by Gasteiger charge is 2.21. The molecule has 0 saturated carbocycles. The van der Waals surface area contributed by atoms with Crippen LogP contribution in [0, 0.1) is 0 Å². The fourth-order valence-electron chi connectivity index (χ4n) is 1.66. The molecular weight excluding hydrogens is 266 g/mol. The van der Waals surface area contributed by atoms with Crippen LogP contribution in [0.25, 0.3) is 0 Å². The molecule has 0 atom stereocenters. The van der Waals surface area contributed by atoms with E-state index < -0.39 is 10.0 Å². The van der Waals surface area contributed by atoms with Crippen LogP contribution in [0.1, 0.15) is 19.8 Å². The van der Waals surface area contributed by atoms with E-state index in [0.717, 1.165) is 0 Å². The van der Waals surface area contributed by atoms with Crippen molar-refractivity contribution >= 4 is 21.5 Å². The molecule has 6 nitrogen and oxygen atoms in total. The van der Waals surface area contributed by atoms with Crippen molar-refractivity contribution in [1.29, 1.82) is 0 Å². The number of oxime groups is 1. The molecule has 1 rings (SSSR count). The SMILES string of the molecule is CCCS(=O)(=O)N(CC/C(N)=N/O)c1ccccc1. The summed E-state index contributed by atoms with van der Waals surface area (Å²) in [6.07, 6.45) is 0.712. The van der Waals surface area contributed by atoms with Crippen molar-refractivity contribution in [3.63, 3.8) is 0 Å². The Kier molecular flexibility index (Phi) is 5.62. The minimum Gasteiger partial charge on any atom is -0.409 e. The van der Waals surface area contributed by atoms with Crippen LogP contribution in [0.2, 0.25) is 0 Å². The largest absolute Gasteiger partial charge is 0.409 e. The smallest absolute Gasteiger partial charge is 0.235 e. The second-order valence-electron chi connectivity index (χ2n) is 4.07. The summed E-state index contributed by atoms with van der Waals surface area (Å²) in [6, 6.07) is 8.80. The van der Waals surface area contributed by atoms with E-state index in [-0.39, 0.29) is 24.6 Å². The number of sulfonamides is 1. The minimum absolute atomic E-state index is 0.00706. The highest BCUT2D eigenvalue weighted by Crippen LogP contribution is 2.18. The number of nitrogens with two attached hydrogens (primary N) is 1. The van der Waals surface area contributed by atoms with Gasteiger partial charge < -0.3 is 10.9 Å². The van der Waals surface area contributed by atoms with Crippen molar-refractivity contribution in [3.05, 3.63) is 30.3 Å². The van der Waals surface area contributed by atoms with Crippen molar-refractivity contribution in [1.82, 2.24) is 0 Å². The molecule has 1 aromatic carbocycles. The number of para-hydroxylation sites is 1. The third-order valence-corrected chi connectivity index (χ3v) is 4.53. The lowest BCUT2D eigenvalue weighted by atomic mass is 10.3. The van der Waals surface area contributed by atoms with Gasteiger partial charge >= 0.3 is 0 Å². The van der Waals surface area contributed by atoms with Gasteiger partial charge in [0.15, 0.2) is 0 Å². The first-order chi connectivity index (χ1) is 9.01. The molecule has 0 saturated heterocycles. The monoisotopic (exact) mass is 285 g/mol. The highest BCUT2D eigenvalue weighted by atomic mass is 32.2. The Morgan fingerprint density at radius 1 is 1.37 bits per heavy atom. The zero-order valence-corrected chi connectivity index (χ0v) is 11.7. The first-order valence-electron chi connectivity index (χ1n) is 6.03. The second kappa shape index (κ2) is 6.98. The number of anilines is 1. The molecule has 1 aromatic rings. The first-order valence-corrected chi connectivity index (χ1v) is 7.64. The summed E-state index contributed by atoms with van der Waals surface area (Å²) < 4.78 is 25.7. The van der Waals surface area contributed by atoms with Crippen molar-refractivity contribution in [2.45, 2.75) is 19.8 Å². The van der Waals surface area contributed by atoms with Crippen LogP contribution < -0.4 is 10.0 Å². The number of rotatable bonds is 7. The number of hydrogen-bond acceptors (Lipinski definition) is 4. The zero-order valence-electron chi connectivity index (χ0n) is 10.9. The van der Waals surface area contributed by atoms with Gasteiger partial charge in [-0.05, 0) is 18.6 Å². The molecule has 0 bridgehead atoms. The van der Waals surface area contributed by atoms with Crippen molar-refractivity contribution < 1.29 is 13.6 Å². The molecular formula is C12H19N3O3S. The molecule has 7 heteroatoms. The van der Waals surface area contributed by atoms with E-state index in [0.29, 0.717) is 12.1 Å². The molecule has 0 spiro atoms. The predicted octanol–water partition coefficient (Wildman–Crippen LogP) is 1.37. The third kappa shape index (κ3) is 4.44. The van der Waals surface area contributed by atoms with Gasteiger partial charge in [0, 0.05) is 13.0 Å². The maximum atomic E-state index is 12.2. The molecule has 0 heterocycles.